The van der Waals surface area contributed by atoms with Crippen molar-refractivity contribution in [3.63, 3.8) is 0 Å². The molecule has 6 nitrogen and oxygen atoms in total. The molecule has 0 unspecified atom stereocenters. The van der Waals surface area contributed by atoms with Crippen LogP contribution in [-0.4, -0.2) is 23.3 Å². The third kappa shape index (κ3) is 2.32. The molecule has 7 heteroatoms. The molecule has 0 N–H and O–H groups in total. The summed E-state index contributed by atoms with van der Waals surface area (Å²) in [7, 11) is 0. The van der Waals surface area contributed by atoms with Crippen LogP contribution >= 0.6 is 11.3 Å². The van der Waals surface area contributed by atoms with Crippen molar-refractivity contribution in [3.8, 4) is 0 Å². The molecule has 98 valence electrons. The van der Waals surface area contributed by atoms with Gasteiger partial charge in [0.2, 0.25) is 0 Å². The normalized spacial score (nSPS) is 10.4. The number of benzene rings is 1. The van der Waals surface area contributed by atoms with E-state index in [2.05, 4.69) is 4.74 Å². The largest absolute Gasteiger partial charge is 0.460 e. The molecule has 19 heavy (non-hydrogen) atoms. The lowest BCUT2D eigenvalue weighted by molar-refractivity contribution is -0.382. The smallest absolute Gasteiger partial charge is 0.379 e. The first kappa shape index (κ1) is 13.2. The highest BCUT2D eigenvalue weighted by Gasteiger charge is 2.24. The highest BCUT2D eigenvalue weighted by Crippen LogP contribution is 2.33. The van der Waals surface area contributed by atoms with Crippen LogP contribution in [0.1, 0.15) is 17.3 Å². The summed E-state index contributed by atoms with van der Waals surface area (Å²) in [5.41, 5.74) is 0.0626. The van der Waals surface area contributed by atoms with Gasteiger partial charge in [0.25, 0.3) is 11.5 Å². The average molecular weight is 279 g/mol. The van der Waals surface area contributed by atoms with Crippen LogP contribution in [0.15, 0.2) is 23.6 Å². The molecule has 0 saturated heterocycles. The van der Waals surface area contributed by atoms with E-state index in [0.717, 1.165) is 11.3 Å². The summed E-state index contributed by atoms with van der Waals surface area (Å²) in [5.74, 6) is -1.73. The monoisotopic (exact) mass is 279 g/mol. The van der Waals surface area contributed by atoms with Gasteiger partial charge in [0.05, 0.1) is 11.5 Å². The van der Waals surface area contributed by atoms with Gasteiger partial charge in [-0.05, 0) is 6.92 Å². The summed E-state index contributed by atoms with van der Waals surface area (Å²) < 4.78 is 5.01. The number of nitro benzene ring substituents is 1. The zero-order valence-corrected chi connectivity index (χ0v) is 10.7. The van der Waals surface area contributed by atoms with Gasteiger partial charge >= 0.3 is 5.97 Å². The lowest BCUT2D eigenvalue weighted by Gasteiger charge is -1.99. The molecule has 0 fully saturated rings. The summed E-state index contributed by atoms with van der Waals surface area (Å²) in [6.45, 7) is 1.70. The topological polar surface area (TPSA) is 86.5 Å². The molecule has 0 aliphatic heterocycles. The summed E-state index contributed by atoms with van der Waals surface area (Å²) in [4.78, 5) is 33.6. The SMILES string of the molecule is CCOC(=O)C(=O)c1csc2c([N+](=O)[O-])cccc12. The van der Waals surface area contributed by atoms with Crippen LogP contribution in [0.4, 0.5) is 5.69 Å². The number of nitro groups is 1. The van der Waals surface area contributed by atoms with Crippen molar-refractivity contribution in [1.82, 2.24) is 0 Å². The van der Waals surface area contributed by atoms with Crippen LogP contribution < -0.4 is 0 Å². The van der Waals surface area contributed by atoms with Gasteiger partial charge in [-0.2, -0.15) is 0 Å². The van der Waals surface area contributed by atoms with E-state index < -0.39 is 16.7 Å². The summed E-state index contributed by atoms with van der Waals surface area (Å²) in [5, 5.41) is 12.7. The van der Waals surface area contributed by atoms with E-state index in [1.807, 2.05) is 0 Å². The number of hydrogen-bond acceptors (Lipinski definition) is 6. The minimum Gasteiger partial charge on any atom is -0.460 e. The Labute approximate surface area is 111 Å². The van der Waals surface area contributed by atoms with Crippen molar-refractivity contribution in [1.29, 1.82) is 0 Å². The first-order valence-corrected chi connectivity index (χ1v) is 6.30. The zero-order chi connectivity index (χ0) is 14.0. The van der Waals surface area contributed by atoms with Crippen LogP contribution in [0.5, 0.6) is 0 Å². The third-order valence-electron chi connectivity index (χ3n) is 2.48. The average Bonchev–Trinajstić information content (AvgIpc) is 2.81. The van der Waals surface area contributed by atoms with Crippen LogP contribution in [0.2, 0.25) is 0 Å². The maximum Gasteiger partial charge on any atom is 0.379 e. The standard InChI is InChI=1S/C12H9NO5S/c1-2-18-12(15)10(14)8-6-19-11-7(8)4-3-5-9(11)13(16)17/h3-6H,2H2,1H3. The molecule has 0 amide bonds. The molecule has 0 spiro atoms. The summed E-state index contributed by atoms with van der Waals surface area (Å²) >= 11 is 1.06. The van der Waals surface area contributed by atoms with Crippen molar-refractivity contribution in [2.45, 2.75) is 6.92 Å². The minimum absolute atomic E-state index is 0.0783. The second kappa shape index (κ2) is 5.15. The fourth-order valence-corrected chi connectivity index (χ4v) is 2.71. The number of nitrogens with zero attached hydrogens (tertiary/aromatic N) is 1. The number of esters is 1. The maximum absolute atomic E-state index is 11.9. The Morgan fingerprint density at radius 2 is 2.16 bits per heavy atom. The molecule has 0 saturated carbocycles. The maximum atomic E-state index is 11.9. The number of thiophene rings is 1. The van der Waals surface area contributed by atoms with Crippen LogP contribution in [0.3, 0.4) is 0 Å². The Hall–Kier alpha value is -2.28. The van der Waals surface area contributed by atoms with Crippen molar-refractivity contribution in [2.75, 3.05) is 6.61 Å². The van der Waals surface area contributed by atoms with Crippen LogP contribution in [0.25, 0.3) is 10.1 Å². The lowest BCUT2D eigenvalue weighted by atomic mass is 10.1. The van der Waals surface area contributed by atoms with Gasteiger partial charge in [0.1, 0.15) is 4.70 Å². The molecule has 0 atom stereocenters. The molecular weight excluding hydrogens is 270 g/mol. The van der Waals surface area contributed by atoms with Crippen LogP contribution in [0, 0.1) is 10.1 Å². The molecule has 0 bridgehead atoms. The van der Waals surface area contributed by atoms with E-state index in [0.29, 0.717) is 10.1 Å². The van der Waals surface area contributed by atoms with Gasteiger partial charge < -0.3 is 4.74 Å². The zero-order valence-electron chi connectivity index (χ0n) is 9.91. The van der Waals surface area contributed by atoms with Gasteiger partial charge in [0.15, 0.2) is 0 Å². The van der Waals surface area contributed by atoms with Gasteiger partial charge in [0, 0.05) is 22.4 Å². The number of ketones is 1. The van der Waals surface area contributed by atoms with Crippen molar-refractivity contribution < 1.29 is 19.2 Å². The van der Waals surface area contributed by atoms with Crippen LogP contribution in [-0.2, 0) is 9.53 Å². The van der Waals surface area contributed by atoms with E-state index in [1.54, 1.807) is 13.0 Å². The molecule has 0 aliphatic carbocycles. The third-order valence-corrected chi connectivity index (χ3v) is 3.50. The van der Waals surface area contributed by atoms with Gasteiger partial charge in [-0.3, -0.25) is 14.9 Å². The number of rotatable bonds is 4. The Bertz CT molecular complexity index is 676. The number of Topliss-reactive ketones (excluding diaryl/α,β-unsaturated/α-hetero) is 1. The van der Waals surface area contributed by atoms with E-state index in [4.69, 9.17) is 0 Å². The Morgan fingerprint density at radius 1 is 1.42 bits per heavy atom. The van der Waals surface area contributed by atoms with E-state index in [1.165, 1.54) is 17.5 Å². The molecule has 1 aromatic heterocycles. The predicted molar refractivity (Wildman–Crippen MR) is 69.4 cm³/mol. The fraction of sp³-hybridized carbons (Fsp3) is 0.167. The van der Waals surface area contributed by atoms with E-state index in [-0.39, 0.29) is 17.9 Å². The number of carbonyl (C=O) groups is 2. The number of fused-ring (bicyclic) bond motifs is 1. The highest BCUT2D eigenvalue weighted by atomic mass is 32.1. The molecule has 1 aromatic carbocycles. The van der Waals surface area contributed by atoms with Gasteiger partial charge in [-0.1, -0.05) is 12.1 Å². The first-order valence-electron chi connectivity index (χ1n) is 5.42. The predicted octanol–water partition coefficient (Wildman–Crippen LogP) is 2.56. The quantitative estimate of drug-likeness (QED) is 0.282. The van der Waals surface area contributed by atoms with Gasteiger partial charge in [-0.15, -0.1) is 11.3 Å². The molecule has 0 aliphatic rings. The lowest BCUT2D eigenvalue weighted by Crippen LogP contribution is -2.17. The number of non-ortho nitro benzene ring substituents is 1. The van der Waals surface area contributed by atoms with Crippen molar-refractivity contribution in [3.05, 3.63) is 39.3 Å². The molecule has 2 rings (SSSR count). The number of hydrogen-bond donors (Lipinski definition) is 0. The highest BCUT2D eigenvalue weighted by molar-refractivity contribution is 7.18. The fourth-order valence-electron chi connectivity index (χ4n) is 1.67. The molecule has 1 heterocycles. The van der Waals surface area contributed by atoms with E-state index in [9.17, 15) is 19.7 Å². The Balaban J connectivity index is 2.52. The van der Waals surface area contributed by atoms with Crippen molar-refractivity contribution in [2.24, 2.45) is 0 Å². The molecule has 0 radical (unpaired) electrons. The number of carbonyl (C=O) groups excluding carboxylic acids is 2. The number of ether oxygens (including phenoxy) is 1. The second-order valence-corrected chi connectivity index (χ2v) is 4.49. The van der Waals surface area contributed by atoms with E-state index >= 15 is 0 Å². The minimum atomic E-state index is -0.950. The second-order valence-electron chi connectivity index (χ2n) is 3.61. The first-order chi connectivity index (χ1) is 9.06. The van der Waals surface area contributed by atoms with Crippen molar-refractivity contribution >= 4 is 38.9 Å². The molecule has 2 aromatic rings. The summed E-state index contributed by atoms with van der Waals surface area (Å²) in [6, 6.07) is 4.41. The Kier molecular flexibility index (Phi) is 3.57. The van der Waals surface area contributed by atoms with Gasteiger partial charge in [-0.25, -0.2) is 4.79 Å². The molecular formula is C12H9NO5S. The summed E-state index contributed by atoms with van der Waals surface area (Å²) in [6.07, 6.45) is 0. The Morgan fingerprint density at radius 3 is 2.79 bits per heavy atom.